The minimum Gasteiger partial charge on any atom is -0.380 e. The molecular formula is C16H22N4O4. The maximum Gasteiger partial charge on any atom is 0.293 e. The molecule has 3 rings (SSSR count). The predicted molar refractivity (Wildman–Crippen MR) is 83.4 cm³/mol. The van der Waals surface area contributed by atoms with Gasteiger partial charge in [0.25, 0.3) is 5.91 Å². The molecule has 8 nitrogen and oxygen atoms in total. The van der Waals surface area contributed by atoms with Crippen LogP contribution in [-0.2, 0) is 4.74 Å². The smallest absolute Gasteiger partial charge is 0.293 e. The molecule has 1 fully saturated rings. The first-order valence-corrected chi connectivity index (χ1v) is 8.14. The number of aryl methyl sites for hydroxylation is 1. The number of amides is 1. The van der Waals surface area contributed by atoms with Gasteiger partial charge in [0.2, 0.25) is 11.7 Å². The number of hydrogen-bond donors (Lipinski definition) is 0. The highest BCUT2D eigenvalue weighted by atomic mass is 16.5. The normalized spacial score (nSPS) is 22.1. The van der Waals surface area contributed by atoms with Crippen LogP contribution in [0, 0.1) is 6.92 Å². The summed E-state index contributed by atoms with van der Waals surface area (Å²) in [5.74, 6) is 1.19. The summed E-state index contributed by atoms with van der Waals surface area (Å²) >= 11 is 0. The van der Waals surface area contributed by atoms with E-state index in [0.29, 0.717) is 24.7 Å². The second-order valence-corrected chi connectivity index (χ2v) is 6.17. The first-order valence-electron chi connectivity index (χ1n) is 8.14. The van der Waals surface area contributed by atoms with Crippen LogP contribution in [0.2, 0.25) is 0 Å². The fraction of sp³-hybridized carbons (Fsp3) is 0.625. The molecule has 3 heterocycles. The van der Waals surface area contributed by atoms with Crippen LogP contribution in [0.4, 0.5) is 0 Å². The van der Waals surface area contributed by atoms with Gasteiger partial charge in [-0.3, -0.25) is 4.79 Å². The van der Waals surface area contributed by atoms with Crippen LogP contribution in [0.15, 0.2) is 15.1 Å². The number of ether oxygens (including phenoxy) is 1. The standard InChI is InChI=1S/C16H22N4O4/c1-5-9(2)12-7-14(23-19-12)16(21)20-8-11(22-4)6-13(20)15-17-10(3)18-24-15/h7,9,11,13H,5-6,8H2,1-4H3/t9-,11+,13-/m1/s1. The lowest BCUT2D eigenvalue weighted by Gasteiger charge is -2.19. The zero-order valence-corrected chi connectivity index (χ0v) is 14.4. The van der Waals surface area contributed by atoms with E-state index in [2.05, 4.69) is 22.2 Å². The summed E-state index contributed by atoms with van der Waals surface area (Å²) in [5, 5.41) is 7.83. The quantitative estimate of drug-likeness (QED) is 0.829. The summed E-state index contributed by atoms with van der Waals surface area (Å²) in [6.07, 6.45) is 1.46. The van der Waals surface area contributed by atoms with Gasteiger partial charge in [0.15, 0.2) is 5.82 Å². The van der Waals surface area contributed by atoms with Crippen molar-refractivity contribution in [2.45, 2.75) is 51.7 Å². The molecule has 1 amide bonds. The Hall–Kier alpha value is -2.22. The predicted octanol–water partition coefficient (Wildman–Crippen LogP) is 2.48. The Balaban J connectivity index is 1.84. The molecule has 24 heavy (non-hydrogen) atoms. The maximum atomic E-state index is 12.9. The number of nitrogens with zero attached hydrogens (tertiary/aromatic N) is 4. The van der Waals surface area contributed by atoms with Gasteiger partial charge in [0.05, 0.1) is 11.8 Å². The number of hydrogen-bond acceptors (Lipinski definition) is 7. The number of likely N-dealkylation sites (tertiary alicyclic amines) is 1. The van der Waals surface area contributed by atoms with Crippen LogP contribution in [0.1, 0.15) is 66.6 Å². The third-order valence-electron chi connectivity index (χ3n) is 4.54. The Bertz CT molecular complexity index is 711. The Morgan fingerprint density at radius 2 is 2.25 bits per heavy atom. The first-order chi connectivity index (χ1) is 11.5. The highest BCUT2D eigenvalue weighted by Crippen LogP contribution is 2.34. The summed E-state index contributed by atoms with van der Waals surface area (Å²) in [7, 11) is 1.63. The van der Waals surface area contributed by atoms with Crippen molar-refractivity contribution in [1.82, 2.24) is 20.2 Å². The fourth-order valence-electron chi connectivity index (χ4n) is 2.85. The van der Waals surface area contributed by atoms with E-state index in [1.54, 1.807) is 25.0 Å². The van der Waals surface area contributed by atoms with Gasteiger partial charge in [0, 0.05) is 32.1 Å². The number of rotatable bonds is 5. The van der Waals surface area contributed by atoms with Crippen molar-refractivity contribution < 1.29 is 18.6 Å². The molecule has 3 atom stereocenters. The SMILES string of the molecule is CC[C@@H](C)c1cc(C(=O)N2C[C@@H](OC)C[C@@H]2c2nc(C)no2)on1. The van der Waals surface area contributed by atoms with Gasteiger partial charge in [-0.2, -0.15) is 4.98 Å². The Labute approximate surface area is 140 Å². The summed E-state index contributed by atoms with van der Waals surface area (Å²) < 4.78 is 15.9. The average molecular weight is 334 g/mol. The first kappa shape index (κ1) is 16.6. The molecule has 0 aromatic carbocycles. The fourth-order valence-corrected chi connectivity index (χ4v) is 2.85. The second kappa shape index (κ2) is 6.72. The molecule has 1 saturated heterocycles. The molecule has 8 heteroatoms. The molecular weight excluding hydrogens is 312 g/mol. The monoisotopic (exact) mass is 334 g/mol. The van der Waals surface area contributed by atoms with E-state index in [1.165, 1.54) is 0 Å². The minimum atomic E-state index is -0.319. The zero-order valence-electron chi connectivity index (χ0n) is 14.4. The van der Waals surface area contributed by atoms with E-state index in [4.69, 9.17) is 13.8 Å². The molecule has 130 valence electrons. The molecule has 1 aliphatic heterocycles. The largest absolute Gasteiger partial charge is 0.380 e. The summed E-state index contributed by atoms with van der Waals surface area (Å²) in [6.45, 7) is 6.31. The van der Waals surface area contributed by atoms with Crippen LogP contribution in [0.5, 0.6) is 0 Å². The average Bonchev–Trinajstić information content (AvgIpc) is 3.31. The summed E-state index contributed by atoms with van der Waals surface area (Å²) in [4.78, 5) is 18.8. The van der Waals surface area contributed by atoms with Gasteiger partial charge in [-0.15, -0.1) is 0 Å². The van der Waals surface area contributed by atoms with Crippen molar-refractivity contribution >= 4 is 5.91 Å². The van der Waals surface area contributed by atoms with Crippen molar-refractivity contribution in [3.8, 4) is 0 Å². The molecule has 0 aliphatic carbocycles. The van der Waals surface area contributed by atoms with Gasteiger partial charge in [0.1, 0.15) is 6.04 Å². The van der Waals surface area contributed by atoms with Crippen molar-refractivity contribution in [1.29, 1.82) is 0 Å². The number of carbonyl (C=O) groups is 1. The van der Waals surface area contributed by atoms with Crippen molar-refractivity contribution in [2.24, 2.45) is 0 Å². The second-order valence-electron chi connectivity index (χ2n) is 6.17. The Kier molecular flexibility index (Phi) is 4.66. The summed E-state index contributed by atoms with van der Waals surface area (Å²) in [6, 6.07) is 1.40. The third kappa shape index (κ3) is 3.06. The van der Waals surface area contributed by atoms with Gasteiger partial charge in [-0.1, -0.05) is 24.2 Å². The van der Waals surface area contributed by atoms with E-state index in [1.807, 2.05) is 6.92 Å². The van der Waals surface area contributed by atoms with Crippen LogP contribution in [0.25, 0.3) is 0 Å². The Morgan fingerprint density at radius 1 is 1.46 bits per heavy atom. The minimum absolute atomic E-state index is 0.0805. The molecule has 0 N–H and O–H groups in total. The van der Waals surface area contributed by atoms with Gasteiger partial charge in [-0.25, -0.2) is 0 Å². The van der Waals surface area contributed by atoms with E-state index in [9.17, 15) is 4.79 Å². The molecule has 2 aromatic rings. The highest BCUT2D eigenvalue weighted by Gasteiger charge is 2.41. The molecule has 1 aliphatic rings. The Morgan fingerprint density at radius 3 is 2.88 bits per heavy atom. The molecule has 0 spiro atoms. The zero-order chi connectivity index (χ0) is 17.3. The lowest BCUT2D eigenvalue weighted by atomic mass is 10.1. The number of aromatic nitrogens is 3. The van der Waals surface area contributed by atoms with Crippen LogP contribution in [-0.4, -0.2) is 45.9 Å². The van der Waals surface area contributed by atoms with E-state index in [0.717, 1.165) is 12.1 Å². The number of carbonyl (C=O) groups excluding carboxylic acids is 1. The lowest BCUT2D eigenvalue weighted by Crippen LogP contribution is -2.32. The summed E-state index contributed by atoms with van der Waals surface area (Å²) in [5.41, 5.74) is 0.786. The van der Waals surface area contributed by atoms with Crippen molar-refractivity contribution in [2.75, 3.05) is 13.7 Å². The van der Waals surface area contributed by atoms with E-state index < -0.39 is 0 Å². The van der Waals surface area contributed by atoms with Crippen molar-refractivity contribution in [3.05, 3.63) is 29.2 Å². The number of methoxy groups -OCH3 is 1. The molecule has 0 bridgehead atoms. The third-order valence-corrected chi connectivity index (χ3v) is 4.54. The molecule has 0 unspecified atom stereocenters. The van der Waals surface area contributed by atoms with E-state index in [-0.39, 0.29) is 29.7 Å². The molecule has 0 saturated carbocycles. The molecule has 0 radical (unpaired) electrons. The van der Waals surface area contributed by atoms with Crippen LogP contribution in [0.3, 0.4) is 0 Å². The molecule has 2 aromatic heterocycles. The van der Waals surface area contributed by atoms with Gasteiger partial charge in [-0.05, 0) is 13.3 Å². The van der Waals surface area contributed by atoms with Gasteiger partial charge < -0.3 is 18.7 Å². The maximum absolute atomic E-state index is 12.9. The van der Waals surface area contributed by atoms with Crippen LogP contribution < -0.4 is 0 Å². The van der Waals surface area contributed by atoms with Gasteiger partial charge >= 0.3 is 0 Å². The lowest BCUT2D eigenvalue weighted by molar-refractivity contribution is 0.0631. The van der Waals surface area contributed by atoms with E-state index >= 15 is 0 Å². The van der Waals surface area contributed by atoms with Crippen molar-refractivity contribution in [3.63, 3.8) is 0 Å². The highest BCUT2D eigenvalue weighted by molar-refractivity contribution is 5.92. The topological polar surface area (TPSA) is 94.5 Å². The van der Waals surface area contributed by atoms with Crippen LogP contribution >= 0.6 is 0 Å².